The van der Waals surface area contributed by atoms with Gasteiger partial charge in [-0.3, -0.25) is 20.4 Å². The Morgan fingerprint density at radius 1 is 1.14 bits per heavy atom. The van der Waals surface area contributed by atoms with E-state index in [1.54, 1.807) is 48.5 Å². The lowest BCUT2D eigenvalue weighted by molar-refractivity contribution is -0.119. The molecule has 0 bridgehead atoms. The maximum atomic E-state index is 11.9. The fourth-order valence-corrected chi connectivity index (χ4v) is 3.03. The van der Waals surface area contributed by atoms with Crippen LogP contribution in [-0.2, 0) is 11.4 Å². The van der Waals surface area contributed by atoms with E-state index in [4.69, 9.17) is 20.8 Å². The second kappa shape index (κ2) is 9.94. The molecule has 0 unspecified atom stereocenters. The molecule has 150 valence electrons. The van der Waals surface area contributed by atoms with Gasteiger partial charge in [-0.2, -0.15) is 0 Å². The standard InChI is InChI=1S/C19H17ClN4O4S/c1-12-9-14(20)7-8-15(12)27-10-17-22-24-19(28-17)29-11-16(25)21-23-18(26)13-5-3-2-4-6-13/h2-9H,10-11H2,1H3,(H,21,25)(H,23,26). The molecule has 0 aliphatic carbocycles. The molecule has 8 nitrogen and oxygen atoms in total. The molecule has 0 radical (unpaired) electrons. The third kappa shape index (κ3) is 6.23. The number of carbonyl (C=O) groups is 2. The van der Waals surface area contributed by atoms with Gasteiger partial charge in [-0.05, 0) is 42.8 Å². The van der Waals surface area contributed by atoms with Crippen molar-refractivity contribution >= 4 is 35.2 Å². The molecule has 29 heavy (non-hydrogen) atoms. The fraction of sp³-hybridized carbons (Fsp3) is 0.158. The maximum absolute atomic E-state index is 11.9. The zero-order valence-electron chi connectivity index (χ0n) is 15.3. The quantitative estimate of drug-likeness (QED) is 0.436. The molecule has 0 spiro atoms. The van der Waals surface area contributed by atoms with Crippen LogP contribution < -0.4 is 15.6 Å². The molecule has 0 aliphatic heterocycles. The first-order valence-electron chi connectivity index (χ1n) is 8.49. The topological polar surface area (TPSA) is 106 Å². The number of hydrogen-bond donors (Lipinski definition) is 2. The number of nitrogens with zero attached hydrogens (tertiary/aromatic N) is 2. The summed E-state index contributed by atoms with van der Waals surface area (Å²) in [5.74, 6) is 0.120. The molecular formula is C19H17ClN4O4S. The van der Waals surface area contributed by atoms with Crippen LogP contribution in [0.15, 0.2) is 58.2 Å². The molecule has 3 aromatic rings. The van der Waals surface area contributed by atoms with E-state index >= 15 is 0 Å². The second-order valence-corrected chi connectivity index (χ2v) is 7.18. The summed E-state index contributed by atoms with van der Waals surface area (Å²) in [5, 5.41) is 8.59. The van der Waals surface area contributed by atoms with E-state index in [0.29, 0.717) is 16.3 Å². The van der Waals surface area contributed by atoms with Crippen LogP contribution in [0.5, 0.6) is 5.75 Å². The van der Waals surface area contributed by atoms with E-state index in [1.165, 1.54) is 0 Å². The summed E-state index contributed by atoms with van der Waals surface area (Å²) in [7, 11) is 0. The van der Waals surface area contributed by atoms with E-state index in [1.807, 2.05) is 6.92 Å². The van der Waals surface area contributed by atoms with Crippen molar-refractivity contribution in [1.82, 2.24) is 21.0 Å². The number of aromatic nitrogens is 2. The number of hydrogen-bond acceptors (Lipinski definition) is 7. The summed E-state index contributed by atoms with van der Waals surface area (Å²) in [6, 6.07) is 13.8. The first-order valence-corrected chi connectivity index (χ1v) is 9.86. The molecule has 2 N–H and O–H groups in total. The number of aryl methyl sites for hydroxylation is 1. The van der Waals surface area contributed by atoms with Crippen molar-refractivity contribution in [3.05, 3.63) is 70.6 Å². The van der Waals surface area contributed by atoms with Crippen LogP contribution >= 0.6 is 23.4 Å². The van der Waals surface area contributed by atoms with Crippen LogP contribution in [0.1, 0.15) is 21.8 Å². The summed E-state index contributed by atoms with van der Waals surface area (Å²) in [5.41, 5.74) is 6.00. The van der Waals surface area contributed by atoms with E-state index in [2.05, 4.69) is 21.0 Å². The number of hydrazine groups is 1. The molecule has 1 heterocycles. The monoisotopic (exact) mass is 432 g/mol. The predicted octanol–water partition coefficient (Wildman–Crippen LogP) is 3.16. The van der Waals surface area contributed by atoms with Gasteiger partial charge in [0.1, 0.15) is 5.75 Å². The van der Waals surface area contributed by atoms with Gasteiger partial charge < -0.3 is 9.15 Å². The van der Waals surface area contributed by atoms with Crippen LogP contribution in [0.2, 0.25) is 5.02 Å². The molecule has 0 saturated heterocycles. The van der Waals surface area contributed by atoms with Crippen molar-refractivity contribution in [1.29, 1.82) is 0 Å². The highest BCUT2D eigenvalue weighted by atomic mass is 35.5. The zero-order valence-corrected chi connectivity index (χ0v) is 16.9. The number of carbonyl (C=O) groups excluding carboxylic acids is 2. The SMILES string of the molecule is Cc1cc(Cl)ccc1OCc1nnc(SCC(=O)NNC(=O)c2ccccc2)o1. The lowest BCUT2D eigenvalue weighted by Crippen LogP contribution is -2.42. The Bertz CT molecular complexity index is 997. The number of rotatable bonds is 7. The first-order chi connectivity index (χ1) is 14.0. The lowest BCUT2D eigenvalue weighted by Gasteiger charge is -2.07. The van der Waals surface area contributed by atoms with Crippen LogP contribution in [0, 0.1) is 6.92 Å². The highest BCUT2D eigenvalue weighted by Gasteiger charge is 2.12. The van der Waals surface area contributed by atoms with Crippen molar-refractivity contribution in [3.63, 3.8) is 0 Å². The van der Waals surface area contributed by atoms with Crippen LogP contribution in [-0.4, -0.2) is 27.8 Å². The van der Waals surface area contributed by atoms with Gasteiger partial charge in [-0.1, -0.05) is 41.6 Å². The van der Waals surface area contributed by atoms with Gasteiger partial charge in [0, 0.05) is 10.6 Å². The van der Waals surface area contributed by atoms with Gasteiger partial charge in [0.15, 0.2) is 6.61 Å². The third-order valence-corrected chi connectivity index (χ3v) is 4.67. The summed E-state index contributed by atoms with van der Waals surface area (Å²) < 4.78 is 11.1. The Balaban J connectivity index is 1.41. The molecule has 10 heteroatoms. The first kappa shape index (κ1) is 20.7. The van der Waals surface area contributed by atoms with Gasteiger partial charge in [-0.15, -0.1) is 10.2 Å². The summed E-state index contributed by atoms with van der Waals surface area (Å²) in [4.78, 5) is 23.7. The van der Waals surface area contributed by atoms with Gasteiger partial charge in [-0.25, -0.2) is 0 Å². The Labute approximate surface area is 176 Å². The van der Waals surface area contributed by atoms with Crippen molar-refractivity contribution in [2.75, 3.05) is 5.75 Å². The highest BCUT2D eigenvalue weighted by molar-refractivity contribution is 7.99. The minimum absolute atomic E-state index is 0.00610. The average molecular weight is 433 g/mol. The Kier molecular flexibility index (Phi) is 7.09. The van der Waals surface area contributed by atoms with Crippen molar-refractivity contribution < 1.29 is 18.7 Å². The van der Waals surface area contributed by atoms with Crippen LogP contribution in [0.25, 0.3) is 0 Å². The second-order valence-electron chi connectivity index (χ2n) is 5.82. The number of benzene rings is 2. The molecule has 0 aliphatic rings. The maximum Gasteiger partial charge on any atom is 0.277 e. The van der Waals surface area contributed by atoms with Gasteiger partial charge >= 0.3 is 0 Å². The highest BCUT2D eigenvalue weighted by Crippen LogP contribution is 2.23. The smallest absolute Gasteiger partial charge is 0.277 e. The number of amides is 2. The molecule has 2 amide bonds. The van der Waals surface area contributed by atoms with Crippen molar-refractivity contribution in [2.24, 2.45) is 0 Å². The van der Waals surface area contributed by atoms with Crippen LogP contribution in [0.3, 0.4) is 0 Å². The predicted molar refractivity (Wildman–Crippen MR) is 108 cm³/mol. The molecule has 3 rings (SSSR count). The normalized spacial score (nSPS) is 10.4. The van der Waals surface area contributed by atoms with Crippen molar-refractivity contribution in [3.8, 4) is 5.75 Å². The lowest BCUT2D eigenvalue weighted by atomic mass is 10.2. The number of halogens is 1. The summed E-state index contributed by atoms with van der Waals surface area (Å²) in [6.07, 6.45) is 0. The minimum atomic E-state index is -0.410. The van der Waals surface area contributed by atoms with E-state index in [-0.39, 0.29) is 23.5 Å². The molecule has 1 aromatic heterocycles. The number of thioether (sulfide) groups is 1. The van der Waals surface area contributed by atoms with E-state index in [0.717, 1.165) is 17.3 Å². The van der Waals surface area contributed by atoms with Gasteiger partial charge in [0.25, 0.3) is 17.0 Å². The summed E-state index contributed by atoms with van der Waals surface area (Å²) in [6.45, 7) is 1.97. The van der Waals surface area contributed by atoms with E-state index in [9.17, 15) is 9.59 Å². The minimum Gasteiger partial charge on any atom is -0.484 e. The molecular weight excluding hydrogens is 416 g/mol. The molecule has 2 aromatic carbocycles. The average Bonchev–Trinajstić information content (AvgIpc) is 3.18. The van der Waals surface area contributed by atoms with Gasteiger partial charge in [0.05, 0.1) is 5.75 Å². The van der Waals surface area contributed by atoms with Crippen molar-refractivity contribution in [2.45, 2.75) is 18.8 Å². The zero-order chi connectivity index (χ0) is 20.6. The Morgan fingerprint density at radius 3 is 2.69 bits per heavy atom. The molecule has 0 saturated carbocycles. The van der Waals surface area contributed by atoms with Gasteiger partial charge in [0.2, 0.25) is 5.91 Å². The summed E-state index contributed by atoms with van der Waals surface area (Å²) >= 11 is 6.96. The molecule has 0 atom stereocenters. The molecule has 0 fully saturated rings. The van der Waals surface area contributed by atoms with Crippen LogP contribution in [0.4, 0.5) is 0 Å². The number of ether oxygens (including phenoxy) is 1. The Morgan fingerprint density at radius 2 is 1.93 bits per heavy atom. The Hall–Kier alpha value is -3.04. The fourth-order valence-electron chi connectivity index (χ4n) is 2.22. The third-order valence-electron chi connectivity index (χ3n) is 3.61. The largest absolute Gasteiger partial charge is 0.484 e. The number of nitrogens with one attached hydrogen (secondary N) is 2. The van der Waals surface area contributed by atoms with E-state index < -0.39 is 11.8 Å².